The van der Waals surface area contributed by atoms with Gasteiger partial charge in [0, 0.05) is 17.7 Å². The molecule has 0 aromatic heterocycles. The molecule has 2 heteroatoms. The summed E-state index contributed by atoms with van der Waals surface area (Å²) >= 11 is 2.04. The van der Waals surface area contributed by atoms with E-state index in [0.717, 1.165) is 12.5 Å². The van der Waals surface area contributed by atoms with E-state index in [1.54, 1.807) is 0 Å². The molecule has 98 valence electrons. The largest absolute Gasteiger partial charge is 0.281 e. The van der Waals surface area contributed by atoms with Gasteiger partial charge < -0.3 is 0 Å². The molecule has 1 fully saturated rings. The zero-order chi connectivity index (χ0) is 12.1. The van der Waals surface area contributed by atoms with Crippen LogP contribution in [0.15, 0.2) is 4.99 Å². The average molecular weight is 253 g/mol. The SMILES string of the molecule is CCC1CCCC(CC)(C2=NCCS2)CCC1. The molecule has 0 atom stereocenters. The second kappa shape index (κ2) is 6.26. The van der Waals surface area contributed by atoms with Crippen molar-refractivity contribution < 1.29 is 0 Å². The highest BCUT2D eigenvalue weighted by Gasteiger charge is 2.36. The summed E-state index contributed by atoms with van der Waals surface area (Å²) in [5.74, 6) is 2.23. The Morgan fingerprint density at radius 3 is 2.41 bits per heavy atom. The highest BCUT2D eigenvalue weighted by atomic mass is 32.2. The van der Waals surface area contributed by atoms with Crippen molar-refractivity contribution in [2.24, 2.45) is 16.3 Å². The van der Waals surface area contributed by atoms with Gasteiger partial charge >= 0.3 is 0 Å². The topological polar surface area (TPSA) is 12.4 Å². The lowest BCUT2D eigenvalue weighted by molar-refractivity contribution is 0.261. The highest BCUT2D eigenvalue weighted by Crippen LogP contribution is 2.44. The van der Waals surface area contributed by atoms with Gasteiger partial charge in [-0.15, -0.1) is 11.8 Å². The van der Waals surface area contributed by atoms with E-state index < -0.39 is 0 Å². The van der Waals surface area contributed by atoms with E-state index >= 15 is 0 Å². The minimum atomic E-state index is 0.472. The van der Waals surface area contributed by atoms with Gasteiger partial charge in [0.2, 0.25) is 0 Å². The lowest BCUT2D eigenvalue weighted by Gasteiger charge is -2.35. The molecular weight excluding hydrogens is 226 g/mol. The zero-order valence-electron chi connectivity index (χ0n) is 11.5. The summed E-state index contributed by atoms with van der Waals surface area (Å²) < 4.78 is 0. The number of hydrogen-bond acceptors (Lipinski definition) is 2. The first-order chi connectivity index (χ1) is 8.30. The quantitative estimate of drug-likeness (QED) is 0.696. The second-order valence-corrected chi connectivity index (χ2v) is 6.81. The summed E-state index contributed by atoms with van der Waals surface area (Å²) in [5.41, 5.74) is 0.472. The lowest BCUT2D eigenvalue weighted by Crippen LogP contribution is -2.29. The van der Waals surface area contributed by atoms with Crippen LogP contribution >= 0.6 is 11.8 Å². The van der Waals surface area contributed by atoms with Gasteiger partial charge in [-0.05, 0) is 25.2 Å². The Kier molecular flexibility index (Phi) is 4.96. The van der Waals surface area contributed by atoms with Crippen LogP contribution in [-0.4, -0.2) is 17.3 Å². The molecule has 0 bridgehead atoms. The molecule has 0 radical (unpaired) electrons. The van der Waals surface area contributed by atoms with E-state index in [2.05, 4.69) is 13.8 Å². The maximum Gasteiger partial charge on any atom is 0.0738 e. The number of aliphatic imine (C=N–C) groups is 1. The van der Waals surface area contributed by atoms with Gasteiger partial charge in [-0.25, -0.2) is 0 Å². The first-order valence-electron chi connectivity index (χ1n) is 7.48. The smallest absolute Gasteiger partial charge is 0.0738 e. The predicted octanol–water partition coefficient (Wildman–Crippen LogP) is 4.91. The Balaban J connectivity index is 2.02. The Morgan fingerprint density at radius 2 is 1.94 bits per heavy atom. The van der Waals surface area contributed by atoms with Crippen molar-refractivity contribution >= 4 is 16.8 Å². The van der Waals surface area contributed by atoms with Gasteiger partial charge in [-0.3, -0.25) is 4.99 Å². The third-order valence-electron chi connectivity index (χ3n) is 4.83. The van der Waals surface area contributed by atoms with Crippen LogP contribution < -0.4 is 0 Å². The third-order valence-corrected chi connectivity index (χ3v) is 6.05. The molecule has 1 saturated carbocycles. The van der Waals surface area contributed by atoms with E-state index in [4.69, 9.17) is 4.99 Å². The maximum atomic E-state index is 4.79. The molecule has 0 unspecified atom stereocenters. The molecule has 1 nitrogen and oxygen atoms in total. The number of nitrogens with zero attached hydrogens (tertiary/aromatic N) is 1. The Hall–Kier alpha value is 0.0200. The molecule has 0 N–H and O–H groups in total. The molecule has 0 amide bonds. The summed E-state index contributed by atoms with van der Waals surface area (Å²) in [6.45, 7) is 5.80. The van der Waals surface area contributed by atoms with Gasteiger partial charge in [-0.2, -0.15) is 0 Å². The van der Waals surface area contributed by atoms with E-state index in [-0.39, 0.29) is 0 Å². The molecular formula is C15H27NS. The zero-order valence-corrected chi connectivity index (χ0v) is 12.3. The van der Waals surface area contributed by atoms with Gasteiger partial charge in [0.15, 0.2) is 0 Å². The molecule has 0 aromatic rings. The van der Waals surface area contributed by atoms with Crippen molar-refractivity contribution in [3.8, 4) is 0 Å². The monoisotopic (exact) mass is 253 g/mol. The Morgan fingerprint density at radius 1 is 1.24 bits per heavy atom. The number of thioether (sulfide) groups is 1. The molecule has 2 aliphatic rings. The summed E-state index contributed by atoms with van der Waals surface area (Å²) in [7, 11) is 0. The van der Waals surface area contributed by atoms with Crippen LogP contribution in [0.2, 0.25) is 0 Å². The number of rotatable bonds is 3. The van der Waals surface area contributed by atoms with Crippen molar-refractivity contribution in [3.05, 3.63) is 0 Å². The molecule has 0 saturated heterocycles. The van der Waals surface area contributed by atoms with Crippen LogP contribution in [0.3, 0.4) is 0 Å². The molecule has 1 aliphatic carbocycles. The normalized spacial score (nSPS) is 35.2. The van der Waals surface area contributed by atoms with Gasteiger partial charge in [0.1, 0.15) is 0 Å². The number of hydrogen-bond donors (Lipinski definition) is 0. The highest BCUT2D eigenvalue weighted by molar-refractivity contribution is 8.14. The molecule has 0 spiro atoms. The van der Waals surface area contributed by atoms with E-state index in [1.165, 1.54) is 62.2 Å². The van der Waals surface area contributed by atoms with Crippen molar-refractivity contribution in [1.82, 2.24) is 0 Å². The average Bonchev–Trinajstić information content (AvgIpc) is 2.84. The molecule has 17 heavy (non-hydrogen) atoms. The summed E-state index contributed by atoms with van der Waals surface area (Å²) in [4.78, 5) is 4.79. The van der Waals surface area contributed by atoms with E-state index in [1.807, 2.05) is 11.8 Å². The van der Waals surface area contributed by atoms with Gasteiger partial charge in [-0.1, -0.05) is 46.0 Å². The van der Waals surface area contributed by atoms with Gasteiger partial charge in [0.25, 0.3) is 0 Å². The van der Waals surface area contributed by atoms with Crippen LogP contribution in [0.25, 0.3) is 0 Å². The third kappa shape index (κ3) is 3.07. The molecule has 0 aromatic carbocycles. The lowest BCUT2D eigenvalue weighted by atomic mass is 9.73. The van der Waals surface area contributed by atoms with Crippen LogP contribution in [0.5, 0.6) is 0 Å². The fraction of sp³-hybridized carbons (Fsp3) is 0.933. The Labute approximate surface area is 111 Å². The fourth-order valence-electron chi connectivity index (χ4n) is 3.51. The summed E-state index contributed by atoms with van der Waals surface area (Å²) in [5, 5.41) is 1.51. The van der Waals surface area contributed by atoms with E-state index in [0.29, 0.717) is 5.41 Å². The van der Waals surface area contributed by atoms with Crippen molar-refractivity contribution in [2.75, 3.05) is 12.3 Å². The van der Waals surface area contributed by atoms with Crippen molar-refractivity contribution in [3.63, 3.8) is 0 Å². The maximum absolute atomic E-state index is 4.79. The molecule has 1 aliphatic heterocycles. The second-order valence-electron chi connectivity index (χ2n) is 5.73. The van der Waals surface area contributed by atoms with Crippen LogP contribution in [0.4, 0.5) is 0 Å². The van der Waals surface area contributed by atoms with Crippen molar-refractivity contribution in [2.45, 2.75) is 65.2 Å². The van der Waals surface area contributed by atoms with Crippen LogP contribution in [0, 0.1) is 11.3 Å². The predicted molar refractivity (Wildman–Crippen MR) is 79.0 cm³/mol. The van der Waals surface area contributed by atoms with Crippen molar-refractivity contribution in [1.29, 1.82) is 0 Å². The minimum Gasteiger partial charge on any atom is -0.281 e. The van der Waals surface area contributed by atoms with Gasteiger partial charge in [0.05, 0.1) is 5.04 Å². The summed E-state index contributed by atoms with van der Waals surface area (Å²) in [6, 6.07) is 0. The Bertz CT molecular complexity index is 262. The van der Waals surface area contributed by atoms with Crippen LogP contribution in [0.1, 0.15) is 65.2 Å². The first-order valence-corrected chi connectivity index (χ1v) is 8.47. The molecule has 2 rings (SSSR count). The first kappa shape index (κ1) is 13.5. The van der Waals surface area contributed by atoms with E-state index in [9.17, 15) is 0 Å². The van der Waals surface area contributed by atoms with Crippen LogP contribution in [-0.2, 0) is 0 Å². The minimum absolute atomic E-state index is 0.472. The fourth-order valence-corrected chi connectivity index (χ4v) is 4.72. The molecule has 1 heterocycles. The summed E-state index contributed by atoms with van der Waals surface area (Å²) in [6.07, 6.45) is 11.2. The standard InChI is InChI=1S/C15H27NS/c1-3-13-7-5-9-15(4-2,10-6-8-13)14-16-11-12-17-14/h13H,3-12H2,1-2H3.